The fourth-order valence-corrected chi connectivity index (χ4v) is 3.74. The predicted octanol–water partition coefficient (Wildman–Crippen LogP) is 4.44. The Balaban J connectivity index is 1.55. The van der Waals surface area contributed by atoms with E-state index in [-0.39, 0.29) is 11.7 Å². The summed E-state index contributed by atoms with van der Waals surface area (Å²) in [5, 5.41) is 11.2. The number of carbonyl (C=O) groups is 1. The number of nitrogens with zero attached hydrogens (tertiary/aromatic N) is 3. The minimum absolute atomic E-state index is 0.0246. The van der Waals surface area contributed by atoms with Gasteiger partial charge in [-0.05, 0) is 28.5 Å². The summed E-state index contributed by atoms with van der Waals surface area (Å²) in [6.07, 6.45) is 1.70. The first-order valence-electron chi connectivity index (χ1n) is 8.47. The van der Waals surface area contributed by atoms with E-state index in [1.165, 1.54) is 23.9 Å². The van der Waals surface area contributed by atoms with E-state index in [9.17, 15) is 9.18 Å². The van der Waals surface area contributed by atoms with Crippen LogP contribution in [-0.4, -0.2) is 27.9 Å². The molecule has 0 bridgehead atoms. The Morgan fingerprint density at radius 1 is 1.04 bits per heavy atom. The molecule has 1 saturated heterocycles. The van der Waals surface area contributed by atoms with Crippen molar-refractivity contribution in [1.82, 2.24) is 4.90 Å². The molecule has 3 aromatic rings. The zero-order chi connectivity index (χ0) is 18.6. The molecule has 1 amide bonds. The molecule has 1 aliphatic heterocycles. The van der Waals surface area contributed by atoms with Gasteiger partial charge in [-0.25, -0.2) is 4.39 Å². The fraction of sp³-hybridized carbons (Fsp3) is 0.0952. The third kappa shape index (κ3) is 3.90. The molecular weight excluding hydrogens is 361 g/mol. The lowest BCUT2D eigenvalue weighted by Crippen LogP contribution is -2.28. The fourth-order valence-electron chi connectivity index (χ4n) is 2.90. The maximum absolute atomic E-state index is 13.1. The standard InChI is InChI=1S/C21H16FN3OS/c22-18-10-8-15(9-11-18)13-25-20(26)14-27-21(25)24-23-12-17-6-3-5-16-4-1-2-7-19(16)17/h1-12H,13-14H2. The van der Waals surface area contributed by atoms with E-state index in [1.807, 2.05) is 30.3 Å². The quantitative estimate of drug-likeness (QED) is 0.498. The summed E-state index contributed by atoms with van der Waals surface area (Å²) in [6, 6.07) is 20.2. The normalized spacial score (nSPS) is 16.1. The van der Waals surface area contributed by atoms with Crippen LogP contribution in [0.4, 0.5) is 4.39 Å². The Morgan fingerprint density at radius 2 is 1.81 bits per heavy atom. The molecule has 0 radical (unpaired) electrons. The molecule has 134 valence electrons. The number of benzene rings is 3. The van der Waals surface area contributed by atoms with E-state index in [2.05, 4.69) is 22.3 Å². The van der Waals surface area contributed by atoms with Gasteiger partial charge in [-0.15, -0.1) is 5.10 Å². The first-order valence-corrected chi connectivity index (χ1v) is 9.46. The van der Waals surface area contributed by atoms with Crippen LogP contribution in [0.1, 0.15) is 11.1 Å². The van der Waals surface area contributed by atoms with Crippen LogP contribution in [-0.2, 0) is 11.3 Å². The van der Waals surface area contributed by atoms with Crippen molar-refractivity contribution in [2.75, 3.05) is 5.75 Å². The second-order valence-electron chi connectivity index (χ2n) is 6.09. The van der Waals surface area contributed by atoms with Gasteiger partial charge in [-0.2, -0.15) is 5.10 Å². The summed E-state index contributed by atoms with van der Waals surface area (Å²) in [4.78, 5) is 13.7. The van der Waals surface area contributed by atoms with Crippen LogP contribution in [0.5, 0.6) is 0 Å². The largest absolute Gasteiger partial charge is 0.285 e. The van der Waals surface area contributed by atoms with Crippen molar-refractivity contribution in [2.24, 2.45) is 10.2 Å². The Bertz CT molecular complexity index is 1040. The predicted molar refractivity (Wildman–Crippen MR) is 108 cm³/mol. The highest BCUT2D eigenvalue weighted by Crippen LogP contribution is 2.22. The average Bonchev–Trinajstić information content (AvgIpc) is 3.03. The van der Waals surface area contributed by atoms with E-state index in [1.54, 1.807) is 23.2 Å². The molecule has 0 aliphatic carbocycles. The molecule has 1 aliphatic rings. The van der Waals surface area contributed by atoms with Gasteiger partial charge in [0, 0.05) is 5.56 Å². The maximum atomic E-state index is 13.1. The van der Waals surface area contributed by atoms with Gasteiger partial charge in [0.15, 0.2) is 5.17 Å². The van der Waals surface area contributed by atoms with E-state index >= 15 is 0 Å². The van der Waals surface area contributed by atoms with Gasteiger partial charge >= 0.3 is 0 Å². The Labute approximate surface area is 160 Å². The number of hydrogen-bond donors (Lipinski definition) is 0. The second kappa shape index (κ2) is 7.72. The van der Waals surface area contributed by atoms with Gasteiger partial charge in [0.2, 0.25) is 5.91 Å². The molecular formula is C21H16FN3OS. The van der Waals surface area contributed by atoms with Gasteiger partial charge in [0.1, 0.15) is 5.82 Å². The third-order valence-corrected chi connectivity index (χ3v) is 5.23. The Morgan fingerprint density at radius 3 is 2.67 bits per heavy atom. The highest BCUT2D eigenvalue weighted by molar-refractivity contribution is 8.15. The molecule has 1 heterocycles. The number of carbonyl (C=O) groups excluding carboxylic acids is 1. The van der Waals surface area contributed by atoms with E-state index in [4.69, 9.17) is 0 Å². The highest BCUT2D eigenvalue weighted by Gasteiger charge is 2.28. The van der Waals surface area contributed by atoms with E-state index in [0.29, 0.717) is 17.5 Å². The number of thioether (sulfide) groups is 1. The minimum atomic E-state index is -0.297. The third-order valence-electron chi connectivity index (χ3n) is 4.27. The van der Waals surface area contributed by atoms with Crippen molar-refractivity contribution in [2.45, 2.75) is 6.54 Å². The van der Waals surface area contributed by atoms with Crippen LogP contribution >= 0.6 is 11.8 Å². The maximum Gasteiger partial charge on any atom is 0.239 e. The number of fused-ring (bicyclic) bond motifs is 1. The lowest BCUT2D eigenvalue weighted by atomic mass is 10.1. The van der Waals surface area contributed by atoms with Gasteiger partial charge in [0.05, 0.1) is 18.5 Å². The number of amidine groups is 1. The average molecular weight is 377 g/mol. The number of halogens is 1. The first-order chi connectivity index (χ1) is 13.2. The molecule has 0 N–H and O–H groups in total. The molecule has 0 unspecified atom stereocenters. The second-order valence-corrected chi connectivity index (χ2v) is 7.03. The van der Waals surface area contributed by atoms with Gasteiger partial charge in [-0.3, -0.25) is 9.69 Å². The van der Waals surface area contributed by atoms with Crippen LogP contribution in [0.25, 0.3) is 10.8 Å². The number of hydrogen-bond acceptors (Lipinski definition) is 4. The Kier molecular flexibility index (Phi) is 4.98. The Hall–Kier alpha value is -2.99. The molecule has 0 spiro atoms. The number of amides is 1. The summed E-state index contributed by atoms with van der Waals surface area (Å²) in [5.41, 5.74) is 1.81. The van der Waals surface area contributed by atoms with Crippen molar-refractivity contribution in [3.8, 4) is 0 Å². The molecule has 27 heavy (non-hydrogen) atoms. The van der Waals surface area contributed by atoms with E-state index < -0.39 is 0 Å². The molecule has 1 fully saturated rings. The summed E-state index contributed by atoms with van der Waals surface area (Å²) in [7, 11) is 0. The molecule has 4 nitrogen and oxygen atoms in total. The van der Waals surface area contributed by atoms with Crippen molar-refractivity contribution in [3.05, 3.63) is 83.7 Å². The zero-order valence-corrected chi connectivity index (χ0v) is 15.2. The number of rotatable bonds is 4. The smallest absolute Gasteiger partial charge is 0.239 e. The monoisotopic (exact) mass is 377 g/mol. The summed E-state index contributed by atoms with van der Waals surface area (Å²) < 4.78 is 13.1. The lowest BCUT2D eigenvalue weighted by molar-refractivity contribution is -0.124. The van der Waals surface area contributed by atoms with Gasteiger partial charge in [0.25, 0.3) is 0 Å². The minimum Gasteiger partial charge on any atom is -0.285 e. The molecule has 0 atom stereocenters. The summed E-state index contributed by atoms with van der Waals surface area (Å²) >= 11 is 1.36. The van der Waals surface area contributed by atoms with Gasteiger partial charge < -0.3 is 0 Å². The van der Waals surface area contributed by atoms with Crippen molar-refractivity contribution >= 4 is 39.8 Å². The first kappa shape index (κ1) is 17.4. The topological polar surface area (TPSA) is 45.0 Å². The molecule has 6 heteroatoms. The van der Waals surface area contributed by atoms with Crippen LogP contribution < -0.4 is 0 Å². The van der Waals surface area contributed by atoms with Crippen molar-refractivity contribution < 1.29 is 9.18 Å². The highest BCUT2D eigenvalue weighted by atomic mass is 32.2. The van der Waals surface area contributed by atoms with Crippen molar-refractivity contribution in [3.63, 3.8) is 0 Å². The van der Waals surface area contributed by atoms with Crippen LogP contribution in [0.15, 0.2) is 76.9 Å². The summed E-state index contributed by atoms with van der Waals surface area (Å²) in [5.74, 6) is 0.0157. The molecule has 0 aromatic heterocycles. The van der Waals surface area contributed by atoms with Crippen LogP contribution in [0.3, 0.4) is 0 Å². The van der Waals surface area contributed by atoms with Crippen LogP contribution in [0.2, 0.25) is 0 Å². The molecule has 4 rings (SSSR count). The van der Waals surface area contributed by atoms with E-state index in [0.717, 1.165) is 21.9 Å². The SMILES string of the molecule is O=C1CSC(=NN=Cc2cccc3ccccc23)N1Cc1ccc(F)cc1. The molecule has 0 saturated carbocycles. The summed E-state index contributed by atoms with van der Waals surface area (Å²) in [6.45, 7) is 0.356. The molecule has 3 aromatic carbocycles. The van der Waals surface area contributed by atoms with Crippen molar-refractivity contribution in [1.29, 1.82) is 0 Å². The zero-order valence-electron chi connectivity index (χ0n) is 14.4. The lowest BCUT2D eigenvalue weighted by Gasteiger charge is -2.15. The van der Waals surface area contributed by atoms with Gasteiger partial charge in [-0.1, -0.05) is 66.4 Å². The van der Waals surface area contributed by atoms with Crippen LogP contribution in [0, 0.1) is 5.82 Å².